The fourth-order valence-electron chi connectivity index (χ4n) is 5.13. The minimum Gasteiger partial charge on any atom is -0.354 e. The second-order valence-electron chi connectivity index (χ2n) is 10.9. The molecule has 1 saturated heterocycles. The fraction of sp³-hybridized carbons (Fsp3) is 0.862. The molecule has 37 heavy (non-hydrogen) atoms. The molecule has 3 N–H and O–H groups in total. The topological polar surface area (TPSA) is 106 Å². The first-order valence-electron chi connectivity index (χ1n) is 15.2. The summed E-state index contributed by atoms with van der Waals surface area (Å²) in [6, 6.07) is -0.308. The Labute approximate surface area is 225 Å². The second-order valence-corrected chi connectivity index (χ2v) is 10.9. The van der Waals surface area contributed by atoms with Crippen molar-refractivity contribution in [2.24, 2.45) is 11.7 Å². The zero-order chi connectivity index (χ0) is 26.7. The van der Waals surface area contributed by atoms with Gasteiger partial charge < -0.3 is 16.0 Å². The molecule has 1 aromatic rings. The minimum absolute atomic E-state index is 0.0491. The minimum atomic E-state index is -0.308. The molecule has 0 saturated carbocycles. The number of hydrogen-bond acceptors (Lipinski definition) is 5. The maximum atomic E-state index is 13.0. The molecule has 0 aromatic carbocycles. The van der Waals surface area contributed by atoms with Gasteiger partial charge in [-0.3, -0.25) is 9.59 Å². The van der Waals surface area contributed by atoms with Gasteiger partial charge in [-0.2, -0.15) is 0 Å². The molecule has 8 nitrogen and oxygen atoms in total. The number of aryl methyl sites for hydroxylation is 1. The standard InChI is InChI=1S/C29H54N6O2/c1-3-25(2)28(35-24-26(32-33-35)18-12-10-14-20-30)29(37)31-21-15-9-7-5-4-6-8-13-19-27(36)34-22-16-11-17-23-34/h24-25,28H,3-23,30H2,1-2H3,(H,31,37)/t25-,28-/m0/s1. The van der Waals surface area contributed by atoms with E-state index in [0.717, 1.165) is 89.5 Å². The van der Waals surface area contributed by atoms with E-state index >= 15 is 0 Å². The van der Waals surface area contributed by atoms with Crippen LogP contribution in [0, 0.1) is 5.92 Å². The highest BCUT2D eigenvalue weighted by Crippen LogP contribution is 2.21. The molecular formula is C29H54N6O2. The largest absolute Gasteiger partial charge is 0.354 e. The summed E-state index contributed by atoms with van der Waals surface area (Å²) in [6.45, 7) is 7.60. The number of amides is 2. The summed E-state index contributed by atoms with van der Waals surface area (Å²) in [5, 5.41) is 11.7. The van der Waals surface area contributed by atoms with E-state index in [2.05, 4.69) is 34.4 Å². The number of carbonyl (C=O) groups excluding carboxylic acids is 2. The van der Waals surface area contributed by atoms with Gasteiger partial charge in [-0.1, -0.05) is 70.4 Å². The van der Waals surface area contributed by atoms with Crippen molar-refractivity contribution in [3.05, 3.63) is 11.9 Å². The van der Waals surface area contributed by atoms with Crippen molar-refractivity contribution in [2.45, 2.75) is 129 Å². The van der Waals surface area contributed by atoms with E-state index in [1.54, 1.807) is 4.68 Å². The van der Waals surface area contributed by atoms with Gasteiger partial charge in [0.05, 0.1) is 5.69 Å². The van der Waals surface area contributed by atoms with Gasteiger partial charge in [-0.15, -0.1) is 5.10 Å². The van der Waals surface area contributed by atoms with Crippen LogP contribution in [-0.4, -0.2) is 57.9 Å². The molecule has 0 unspecified atom stereocenters. The predicted octanol–water partition coefficient (Wildman–Crippen LogP) is 5.18. The van der Waals surface area contributed by atoms with Crippen molar-refractivity contribution in [3.63, 3.8) is 0 Å². The molecule has 1 aliphatic heterocycles. The molecule has 0 spiro atoms. The van der Waals surface area contributed by atoms with E-state index < -0.39 is 0 Å². The summed E-state index contributed by atoms with van der Waals surface area (Å²) in [4.78, 5) is 27.3. The quantitative estimate of drug-likeness (QED) is 0.231. The number of nitrogens with two attached hydrogens (primary N) is 1. The van der Waals surface area contributed by atoms with Crippen LogP contribution < -0.4 is 11.1 Å². The molecule has 212 valence electrons. The lowest BCUT2D eigenvalue weighted by molar-refractivity contribution is -0.132. The number of piperidine rings is 1. The number of likely N-dealkylation sites (tertiary alicyclic amines) is 1. The molecule has 1 fully saturated rings. The van der Waals surface area contributed by atoms with Gasteiger partial charge in [0.1, 0.15) is 6.04 Å². The average Bonchev–Trinajstić information content (AvgIpc) is 3.38. The average molecular weight is 519 g/mol. The number of rotatable bonds is 20. The summed E-state index contributed by atoms with van der Waals surface area (Å²) in [5.41, 5.74) is 6.52. The van der Waals surface area contributed by atoms with Gasteiger partial charge in [0.25, 0.3) is 0 Å². The van der Waals surface area contributed by atoms with Crippen LogP contribution in [0.15, 0.2) is 6.20 Å². The predicted molar refractivity (Wildman–Crippen MR) is 150 cm³/mol. The van der Waals surface area contributed by atoms with Crippen LogP contribution in [-0.2, 0) is 16.0 Å². The number of aromatic nitrogens is 3. The van der Waals surface area contributed by atoms with Gasteiger partial charge in [-0.25, -0.2) is 4.68 Å². The van der Waals surface area contributed by atoms with Gasteiger partial charge in [0.15, 0.2) is 0 Å². The Kier molecular flexibility index (Phi) is 16.2. The van der Waals surface area contributed by atoms with Crippen molar-refractivity contribution in [2.75, 3.05) is 26.2 Å². The molecular weight excluding hydrogens is 464 g/mol. The number of nitrogens with zero attached hydrogens (tertiary/aromatic N) is 4. The highest BCUT2D eigenvalue weighted by molar-refractivity contribution is 5.80. The Hall–Kier alpha value is -1.96. The Morgan fingerprint density at radius 2 is 1.59 bits per heavy atom. The molecule has 2 atom stereocenters. The summed E-state index contributed by atoms with van der Waals surface area (Å²) in [5.74, 6) is 0.606. The molecule has 1 aliphatic rings. The summed E-state index contributed by atoms with van der Waals surface area (Å²) >= 11 is 0. The molecule has 0 bridgehead atoms. The lowest BCUT2D eigenvalue weighted by Gasteiger charge is -2.26. The zero-order valence-electron chi connectivity index (χ0n) is 23.8. The Balaban J connectivity index is 1.54. The van der Waals surface area contributed by atoms with Crippen molar-refractivity contribution < 1.29 is 9.59 Å². The normalized spacial score (nSPS) is 15.5. The SMILES string of the molecule is CC[C@H](C)[C@@H](C(=O)NCCCCCCCCCCC(=O)N1CCCCC1)n1cc(CCCCCN)nn1. The summed E-state index contributed by atoms with van der Waals surface area (Å²) in [6.07, 6.45) is 20.5. The van der Waals surface area contributed by atoms with Crippen LogP contribution in [0.5, 0.6) is 0 Å². The Morgan fingerprint density at radius 1 is 0.946 bits per heavy atom. The van der Waals surface area contributed by atoms with Crippen LogP contribution in [0.4, 0.5) is 0 Å². The highest BCUT2D eigenvalue weighted by atomic mass is 16.2. The summed E-state index contributed by atoms with van der Waals surface area (Å²) in [7, 11) is 0. The molecule has 0 radical (unpaired) electrons. The van der Waals surface area contributed by atoms with E-state index in [9.17, 15) is 9.59 Å². The van der Waals surface area contributed by atoms with Crippen LogP contribution in [0.2, 0.25) is 0 Å². The molecule has 0 aliphatic carbocycles. The molecule has 2 amide bonds. The van der Waals surface area contributed by atoms with Crippen LogP contribution >= 0.6 is 0 Å². The van der Waals surface area contributed by atoms with Crippen molar-refractivity contribution in [1.82, 2.24) is 25.2 Å². The zero-order valence-corrected chi connectivity index (χ0v) is 23.8. The van der Waals surface area contributed by atoms with Crippen molar-refractivity contribution in [1.29, 1.82) is 0 Å². The van der Waals surface area contributed by atoms with Crippen LogP contribution in [0.25, 0.3) is 0 Å². The van der Waals surface area contributed by atoms with Gasteiger partial charge in [-0.05, 0) is 63.8 Å². The van der Waals surface area contributed by atoms with E-state index in [4.69, 9.17) is 5.73 Å². The van der Waals surface area contributed by atoms with Crippen LogP contribution in [0.3, 0.4) is 0 Å². The first kappa shape index (κ1) is 31.3. The monoisotopic (exact) mass is 518 g/mol. The van der Waals surface area contributed by atoms with Crippen molar-refractivity contribution >= 4 is 11.8 Å². The number of unbranched alkanes of at least 4 members (excludes halogenated alkanes) is 9. The third kappa shape index (κ3) is 12.4. The fourth-order valence-corrected chi connectivity index (χ4v) is 5.13. The first-order valence-corrected chi connectivity index (χ1v) is 15.2. The summed E-state index contributed by atoms with van der Waals surface area (Å²) < 4.78 is 1.77. The maximum Gasteiger partial charge on any atom is 0.245 e. The smallest absolute Gasteiger partial charge is 0.245 e. The molecule has 8 heteroatoms. The lowest BCUT2D eigenvalue weighted by Crippen LogP contribution is -2.37. The van der Waals surface area contributed by atoms with Gasteiger partial charge in [0.2, 0.25) is 11.8 Å². The maximum absolute atomic E-state index is 13.0. The van der Waals surface area contributed by atoms with Gasteiger partial charge >= 0.3 is 0 Å². The third-order valence-electron chi connectivity index (χ3n) is 7.76. The van der Waals surface area contributed by atoms with Crippen LogP contribution in [0.1, 0.15) is 128 Å². The number of carbonyl (C=O) groups is 2. The van der Waals surface area contributed by atoms with E-state index in [1.165, 1.54) is 44.9 Å². The Bertz CT molecular complexity index is 747. The Morgan fingerprint density at radius 3 is 2.27 bits per heavy atom. The van der Waals surface area contributed by atoms with Gasteiger partial charge in [0, 0.05) is 32.3 Å². The van der Waals surface area contributed by atoms with Crippen molar-refractivity contribution in [3.8, 4) is 0 Å². The molecule has 2 heterocycles. The number of hydrogen-bond donors (Lipinski definition) is 2. The van der Waals surface area contributed by atoms with E-state index in [0.29, 0.717) is 12.5 Å². The van der Waals surface area contributed by atoms with E-state index in [1.807, 2.05) is 6.20 Å². The van der Waals surface area contributed by atoms with E-state index in [-0.39, 0.29) is 17.9 Å². The third-order valence-corrected chi connectivity index (χ3v) is 7.76. The molecule has 1 aromatic heterocycles. The number of nitrogens with one attached hydrogen (secondary N) is 1. The molecule has 2 rings (SSSR count). The first-order chi connectivity index (χ1) is 18.1. The lowest BCUT2D eigenvalue weighted by atomic mass is 9.98. The second kappa shape index (κ2) is 19.2. The highest BCUT2D eigenvalue weighted by Gasteiger charge is 2.27.